The van der Waals surface area contributed by atoms with Crippen LogP contribution in [0.1, 0.15) is 40.5 Å². The summed E-state index contributed by atoms with van der Waals surface area (Å²) in [6, 6.07) is 0. The van der Waals surface area contributed by atoms with Gasteiger partial charge in [-0.15, -0.1) is 12.4 Å². The molecule has 3 fully saturated rings. The molecule has 0 saturated carbocycles. The molecule has 0 aromatic rings. The second-order valence-electron chi connectivity index (χ2n) is 7.16. The first-order valence-corrected chi connectivity index (χ1v) is 7.59. The maximum absolute atomic E-state index is 6.22. The van der Waals surface area contributed by atoms with Gasteiger partial charge >= 0.3 is 7.12 Å². The van der Waals surface area contributed by atoms with Crippen molar-refractivity contribution in [2.45, 2.75) is 63.7 Å². The number of nitrogens with one attached hydrogen (secondary N) is 1. The van der Waals surface area contributed by atoms with E-state index in [2.05, 4.69) is 33.0 Å². The third kappa shape index (κ3) is 2.75. The van der Waals surface area contributed by atoms with Crippen molar-refractivity contribution in [3.8, 4) is 0 Å². The molecule has 0 aromatic carbocycles. The number of halogens is 1. The lowest BCUT2D eigenvalue weighted by Gasteiger charge is -2.32. The SMILES string of the molecule is CC1(C)OB(C2CNCC2C2CCCO2)OC1(C)C.Cl. The first kappa shape index (κ1) is 16.6. The largest absolute Gasteiger partial charge is 0.462 e. The Morgan fingerprint density at radius 2 is 1.70 bits per heavy atom. The molecule has 3 heterocycles. The van der Waals surface area contributed by atoms with E-state index in [1.54, 1.807) is 0 Å². The van der Waals surface area contributed by atoms with E-state index in [4.69, 9.17) is 14.0 Å². The Labute approximate surface area is 128 Å². The Bertz CT molecular complexity index is 331. The van der Waals surface area contributed by atoms with Gasteiger partial charge in [-0.2, -0.15) is 0 Å². The zero-order valence-corrected chi connectivity index (χ0v) is 13.8. The minimum absolute atomic E-state index is 0. The van der Waals surface area contributed by atoms with Crippen LogP contribution in [0.4, 0.5) is 0 Å². The van der Waals surface area contributed by atoms with Crippen molar-refractivity contribution in [3.63, 3.8) is 0 Å². The van der Waals surface area contributed by atoms with E-state index in [1.165, 1.54) is 12.8 Å². The van der Waals surface area contributed by atoms with E-state index < -0.39 is 0 Å². The predicted molar refractivity (Wildman–Crippen MR) is 82.4 cm³/mol. The van der Waals surface area contributed by atoms with Crippen LogP contribution in [0.2, 0.25) is 5.82 Å². The summed E-state index contributed by atoms with van der Waals surface area (Å²) in [7, 11) is -0.103. The molecular formula is C14H27BClNO3. The van der Waals surface area contributed by atoms with Gasteiger partial charge < -0.3 is 19.4 Å². The quantitative estimate of drug-likeness (QED) is 0.795. The maximum atomic E-state index is 6.22. The van der Waals surface area contributed by atoms with Crippen molar-refractivity contribution >= 4 is 19.5 Å². The predicted octanol–water partition coefficient (Wildman–Crippen LogP) is 2.27. The highest BCUT2D eigenvalue weighted by Crippen LogP contribution is 2.44. The molecule has 0 amide bonds. The Morgan fingerprint density at radius 3 is 2.25 bits per heavy atom. The van der Waals surface area contributed by atoms with Crippen LogP contribution in [-0.4, -0.2) is 44.1 Å². The highest BCUT2D eigenvalue weighted by molar-refractivity contribution is 6.47. The molecule has 4 nitrogen and oxygen atoms in total. The minimum atomic E-state index is -0.235. The lowest BCUT2D eigenvalue weighted by atomic mass is 9.65. The van der Waals surface area contributed by atoms with Crippen molar-refractivity contribution in [1.82, 2.24) is 5.32 Å². The topological polar surface area (TPSA) is 39.7 Å². The van der Waals surface area contributed by atoms with Crippen molar-refractivity contribution in [2.75, 3.05) is 19.7 Å². The number of hydrogen-bond donors (Lipinski definition) is 1. The van der Waals surface area contributed by atoms with Crippen LogP contribution in [0, 0.1) is 5.92 Å². The van der Waals surface area contributed by atoms with Gasteiger partial charge in [0.05, 0.1) is 17.3 Å². The van der Waals surface area contributed by atoms with Gasteiger partial charge in [0.2, 0.25) is 0 Å². The Hall–Kier alpha value is 0.195. The van der Waals surface area contributed by atoms with Crippen molar-refractivity contribution in [1.29, 1.82) is 0 Å². The normalized spacial score (nSPS) is 39.0. The van der Waals surface area contributed by atoms with Gasteiger partial charge in [0.1, 0.15) is 0 Å². The van der Waals surface area contributed by atoms with Gasteiger partial charge in [0, 0.05) is 24.9 Å². The van der Waals surface area contributed by atoms with Crippen molar-refractivity contribution < 1.29 is 14.0 Å². The van der Waals surface area contributed by atoms with Crippen LogP contribution < -0.4 is 5.32 Å². The molecule has 3 unspecified atom stereocenters. The van der Waals surface area contributed by atoms with E-state index in [0.29, 0.717) is 17.8 Å². The highest BCUT2D eigenvalue weighted by Gasteiger charge is 2.56. The smallest absolute Gasteiger partial charge is 0.403 e. The van der Waals surface area contributed by atoms with E-state index in [1.807, 2.05) is 0 Å². The van der Waals surface area contributed by atoms with E-state index in [-0.39, 0.29) is 30.7 Å². The monoisotopic (exact) mass is 303 g/mol. The van der Waals surface area contributed by atoms with Gasteiger partial charge in [-0.25, -0.2) is 0 Å². The summed E-state index contributed by atoms with van der Waals surface area (Å²) in [5.41, 5.74) is -0.470. The van der Waals surface area contributed by atoms with Gasteiger partial charge in [0.25, 0.3) is 0 Å². The lowest BCUT2D eigenvalue weighted by Crippen LogP contribution is -2.41. The molecule has 116 valence electrons. The number of rotatable bonds is 2. The lowest BCUT2D eigenvalue weighted by molar-refractivity contribution is 0.00578. The van der Waals surface area contributed by atoms with Crippen LogP contribution in [0.15, 0.2) is 0 Å². The fourth-order valence-corrected chi connectivity index (χ4v) is 3.43. The molecule has 1 N–H and O–H groups in total. The highest BCUT2D eigenvalue weighted by atomic mass is 35.5. The molecule has 20 heavy (non-hydrogen) atoms. The van der Waals surface area contributed by atoms with Crippen LogP contribution in [0.3, 0.4) is 0 Å². The summed E-state index contributed by atoms with van der Waals surface area (Å²) in [5.74, 6) is 0.932. The standard InChI is InChI=1S/C14H26BNO3.ClH/c1-13(2)14(3,4)19-15(18-13)11-9-16-8-10(11)12-6-5-7-17-12;/h10-12,16H,5-9H2,1-4H3;1H. The average molecular weight is 304 g/mol. The minimum Gasteiger partial charge on any atom is -0.403 e. The molecule has 0 aromatic heterocycles. The molecule has 3 aliphatic heterocycles. The molecule has 0 radical (unpaired) electrons. The zero-order valence-electron chi connectivity index (χ0n) is 13.0. The first-order chi connectivity index (χ1) is 8.91. The molecule has 3 saturated heterocycles. The summed E-state index contributed by atoms with van der Waals surface area (Å²) < 4.78 is 18.3. The van der Waals surface area contributed by atoms with E-state index in [0.717, 1.165) is 19.7 Å². The Kier molecular flexibility index (Phi) is 4.78. The summed E-state index contributed by atoms with van der Waals surface area (Å²) >= 11 is 0. The van der Waals surface area contributed by atoms with Gasteiger partial charge in [-0.1, -0.05) is 0 Å². The van der Waals surface area contributed by atoms with Crippen molar-refractivity contribution in [3.05, 3.63) is 0 Å². The first-order valence-electron chi connectivity index (χ1n) is 7.59. The van der Waals surface area contributed by atoms with Crippen LogP contribution >= 0.6 is 12.4 Å². The average Bonchev–Trinajstić information content (AvgIpc) is 3.00. The summed E-state index contributed by atoms with van der Waals surface area (Å²) in [5, 5.41) is 3.49. The third-order valence-corrected chi connectivity index (χ3v) is 5.37. The molecule has 6 heteroatoms. The zero-order chi connectivity index (χ0) is 13.7. The number of hydrogen-bond acceptors (Lipinski definition) is 4. The van der Waals surface area contributed by atoms with Gasteiger partial charge in [0.15, 0.2) is 0 Å². The fourth-order valence-electron chi connectivity index (χ4n) is 3.43. The van der Waals surface area contributed by atoms with Crippen LogP contribution in [0.5, 0.6) is 0 Å². The van der Waals surface area contributed by atoms with Crippen LogP contribution in [0.25, 0.3) is 0 Å². The van der Waals surface area contributed by atoms with E-state index >= 15 is 0 Å². The van der Waals surface area contributed by atoms with E-state index in [9.17, 15) is 0 Å². The maximum Gasteiger partial charge on any atom is 0.462 e. The molecule has 3 rings (SSSR count). The summed E-state index contributed by atoms with van der Waals surface area (Å²) in [6.07, 6.45) is 2.76. The van der Waals surface area contributed by atoms with Gasteiger partial charge in [-0.05, 0) is 47.1 Å². The Balaban J connectivity index is 0.00000147. The second kappa shape index (κ2) is 5.77. The third-order valence-electron chi connectivity index (χ3n) is 5.37. The summed E-state index contributed by atoms with van der Waals surface area (Å²) in [6.45, 7) is 11.4. The Morgan fingerprint density at radius 1 is 1.05 bits per heavy atom. The molecule has 3 atom stereocenters. The van der Waals surface area contributed by atoms with Crippen LogP contribution in [-0.2, 0) is 14.0 Å². The fraction of sp³-hybridized carbons (Fsp3) is 1.00. The molecular weight excluding hydrogens is 276 g/mol. The second-order valence-corrected chi connectivity index (χ2v) is 7.16. The summed E-state index contributed by atoms with van der Waals surface area (Å²) in [4.78, 5) is 0. The molecule has 3 aliphatic rings. The molecule has 0 spiro atoms. The van der Waals surface area contributed by atoms with Crippen molar-refractivity contribution in [2.24, 2.45) is 5.92 Å². The number of ether oxygens (including phenoxy) is 1. The molecule has 0 aliphatic carbocycles. The van der Waals surface area contributed by atoms with Gasteiger partial charge in [-0.3, -0.25) is 0 Å². The molecule has 0 bridgehead atoms.